The standard InChI is InChI=1S/C73H104N12O23/c1-12-45-46-20-14-15-21-50(46)77-64-47(45)38-85-54(64)36-49-48(67(85)98)43-106-70(101)73(49,13-2)107-69(100)63(44(3)4)79-66(97)53-23-19-29-84(53)68(99)52(37-61(92)93)76-56(87)26-30-103-32-34-105-35-33-104-31-28-75-65(96)51(78-71(102)108-72(5,6)7)22-16-17-27-74-55(86)24-18-25-57(88)80(8)39-58(89)81(9)40-59(90)82(10)41-60(91)83(11)42-62(94)95/h14-15,20-21,36,44,51-53,63H,12-13,16-19,22-35,37-43H2,1-11H3,(H,74,86)(H,75,96)(H,76,87)(H,78,102)(H,79,97)(H,92,93)(H,94,95)/t51-,52-,53-,63-,73-/m0/s1. The minimum Gasteiger partial charge on any atom is -0.481 e. The van der Waals surface area contributed by atoms with Crippen molar-refractivity contribution in [3.8, 4) is 11.4 Å². The number of aryl methyl sites for hydroxylation is 1. The first-order valence-electron chi connectivity index (χ1n) is 36.3. The number of esters is 2. The van der Waals surface area contributed by atoms with Crippen LogP contribution in [0.25, 0.3) is 22.3 Å². The molecule has 0 bridgehead atoms. The van der Waals surface area contributed by atoms with Crippen molar-refractivity contribution in [1.82, 2.24) is 60.6 Å². The van der Waals surface area contributed by atoms with Gasteiger partial charge in [0.2, 0.25) is 58.8 Å². The van der Waals surface area contributed by atoms with Crippen molar-refractivity contribution in [1.29, 1.82) is 0 Å². The van der Waals surface area contributed by atoms with Crippen LogP contribution in [0.2, 0.25) is 0 Å². The van der Waals surface area contributed by atoms with Crippen molar-refractivity contribution in [2.45, 2.75) is 174 Å². The Labute approximate surface area is 626 Å². The molecule has 3 aliphatic heterocycles. The summed E-state index contributed by atoms with van der Waals surface area (Å²) in [4.78, 5) is 207. The molecule has 1 aromatic carbocycles. The lowest BCUT2D eigenvalue weighted by atomic mass is 9.85. The number of carbonyl (C=O) groups is 14. The lowest BCUT2D eigenvalue weighted by Gasteiger charge is -2.37. The molecule has 0 unspecified atom stereocenters. The van der Waals surface area contributed by atoms with Gasteiger partial charge in [0, 0.05) is 83.6 Å². The van der Waals surface area contributed by atoms with E-state index in [1.807, 2.05) is 31.2 Å². The highest BCUT2D eigenvalue weighted by Gasteiger charge is 2.52. The van der Waals surface area contributed by atoms with Gasteiger partial charge in [-0.15, -0.1) is 0 Å². The maximum Gasteiger partial charge on any atom is 0.408 e. The van der Waals surface area contributed by atoms with E-state index >= 15 is 0 Å². The molecule has 108 heavy (non-hydrogen) atoms. The first-order chi connectivity index (χ1) is 51.1. The van der Waals surface area contributed by atoms with Crippen LogP contribution in [0.1, 0.15) is 141 Å². The number of carboxylic acid groups (broad SMARTS) is 2. The Morgan fingerprint density at radius 1 is 0.694 bits per heavy atom. The Morgan fingerprint density at radius 2 is 1.31 bits per heavy atom. The molecule has 0 saturated carbocycles. The first kappa shape index (κ1) is 86.8. The normalized spacial score (nSPS) is 15.8. The number of fused-ring (bicyclic) bond motifs is 5. The van der Waals surface area contributed by atoms with Gasteiger partial charge in [0.05, 0.1) is 94.7 Å². The molecule has 3 aromatic rings. The van der Waals surface area contributed by atoms with Crippen molar-refractivity contribution in [2.75, 3.05) is 114 Å². The molecular weight excluding hydrogens is 1410 g/mol. The molecule has 7 N–H and O–H groups in total. The fourth-order valence-corrected chi connectivity index (χ4v) is 12.5. The third-order valence-corrected chi connectivity index (χ3v) is 18.4. The van der Waals surface area contributed by atoms with Gasteiger partial charge in [0.1, 0.15) is 42.9 Å². The molecule has 0 radical (unpaired) electrons. The number of cyclic esters (lactones) is 1. The summed E-state index contributed by atoms with van der Waals surface area (Å²) < 4.78 is 35.4. The van der Waals surface area contributed by atoms with E-state index in [1.165, 1.54) is 33.1 Å². The van der Waals surface area contributed by atoms with Crippen molar-refractivity contribution >= 4 is 94.0 Å². The third-order valence-electron chi connectivity index (χ3n) is 18.4. The number of pyridine rings is 2. The van der Waals surface area contributed by atoms with Gasteiger partial charge in [-0.1, -0.05) is 45.9 Å². The molecular formula is C73H104N12O23. The van der Waals surface area contributed by atoms with Gasteiger partial charge in [-0.25, -0.2) is 19.4 Å². The van der Waals surface area contributed by atoms with Crippen molar-refractivity contribution in [3.05, 3.63) is 62.9 Å². The maximum atomic E-state index is 14.5. The predicted molar refractivity (Wildman–Crippen MR) is 386 cm³/mol. The molecule has 2 aromatic heterocycles. The van der Waals surface area contributed by atoms with Crippen LogP contribution >= 0.6 is 0 Å². The van der Waals surface area contributed by atoms with Gasteiger partial charge in [-0.3, -0.25) is 57.5 Å². The highest BCUT2D eigenvalue weighted by Crippen LogP contribution is 2.42. The molecule has 5 heterocycles. The number of likely N-dealkylation sites (N-methyl/N-ethyl adjacent to an activating group) is 4. The number of rotatable bonds is 42. The van der Waals surface area contributed by atoms with E-state index in [0.29, 0.717) is 37.1 Å². The number of para-hydroxylation sites is 1. The van der Waals surface area contributed by atoms with E-state index in [2.05, 4.69) is 26.6 Å². The molecule has 6 rings (SSSR count). The molecule has 0 spiro atoms. The number of amides is 10. The number of benzene rings is 1. The second-order valence-corrected chi connectivity index (χ2v) is 28.1. The average Bonchev–Trinajstić information content (AvgIpc) is 1.50. The lowest BCUT2D eigenvalue weighted by molar-refractivity contribution is -0.191. The van der Waals surface area contributed by atoms with Gasteiger partial charge in [-0.2, -0.15) is 0 Å². The number of nitrogens with zero attached hydrogens (tertiary/aromatic N) is 7. The van der Waals surface area contributed by atoms with E-state index in [1.54, 1.807) is 52.2 Å². The number of alkyl carbamates (subject to hydrolysis) is 1. The highest BCUT2D eigenvalue weighted by molar-refractivity contribution is 5.97. The number of carboxylic acids is 2. The summed E-state index contributed by atoms with van der Waals surface area (Å²) in [5.41, 5.74) is 0.562. The highest BCUT2D eigenvalue weighted by atomic mass is 16.6. The zero-order valence-corrected chi connectivity index (χ0v) is 63.5. The monoisotopic (exact) mass is 1520 g/mol. The molecule has 35 nitrogen and oxygen atoms in total. The smallest absolute Gasteiger partial charge is 0.408 e. The van der Waals surface area contributed by atoms with Gasteiger partial charge in [0.25, 0.3) is 5.56 Å². The van der Waals surface area contributed by atoms with Crippen LogP contribution in [-0.4, -0.2) is 271 Å². The topological polar surface area (TPSA) is 446 Å². The minimum atomic E-state index is -2.09. The van der Waals surface area contributed by atoms with E-state index in [0.717, 1.165) is 41.6 Å². The lowest BCUT2D eigenvalue weighted by Crippen LogP contribution is -2.57. The van der Waals surface area contributed by atoms with Crippen LogP contribution in [-0.2, 0) is 116 Å². The summed E-state index contributed by atoms with van der Waals surface area (Å²) in [6.07, 6.45) is 0.248. The number of hydrogen-bond donors (Lipinski definition) is 7. The second kappa shape index (κ2) is 40.7. The summed E-state index contributed by atoms with van der Waals surface area (Å²) in [5, 5.41) is 32.9. The van der Waals surface area contributed by atoms with E-state index in [9.17, 15) is 77.0 Å². The Kier molecular flexibility index (Phi) is 32.7. The minimum absolute atomic E-state index is 0.00577. The summed E-state index contributed by atoms with van der Waals surface area (Å²) in [5.74, 6) is -10.5. The van der Waals surface area contributed by atoms with Crippen molar-refractivity contribution < 1.29 is 106 Å². The van der Waals surface area contributed by atoms with Crippen molar-refractivity contribution in [3.63, 3.8) is 0 Å². The molecule has 5 atom stereocenters. The van der Waals surface area contributed by atoms with Crippen molar-refractivity contribution in [2.24, 2.45) is 5.92 Å². The Balaban J connectivity index is 0.865. The number of hydrogen-bond acceptors (Lipinski definition) is 22. The second-order valence-electron chi connectivity index (χ2n) is 28.1. The van der Waals surface area contributed by atoms with Crippen LogP contribution in [0.15, 0.2) is 35.1 Å². The fraction of sp³-hybridized carbons (Fsp3) is 0.616. The zero-order chi connectivity index (χ0) is 79.7. The summed E-state index contributed by atoms with van der Waals surface area (Å²) in [7, 11) is 5.38. The SMILES string of the molecule is CCc1c2c(nc3ccccc13)-c1cc3c(c(=O)n1C2)COC(=O)[C@@]3(CC)OC(=O)[C@@H](NC(=O)[C@@H]1CCCN1C(=O)[C@H](CC(=O)O)NC(=O)CCOCCOCCOCCNC(=O)[C@H](CCCCNC(=O)CCCC(=O)N(C)CC(=O)N(C)CC(=O)N(C)CC(=O)N(C)CC(=O)O)NC(=O)OC(C)(C)C)C(C)C. The molecule has 594 valence electrons. The van der Waals surface area contributed by atoms with Gasteiger partial charge in [-0.05, 0) is 95.8 Å². The predicted octanol–water partition coefficient (Wildman–Crippen LogP) is 1.11. The molecule has 35 heteroatoms. The number of likely N-dealkylation sites (tertiary alicyclic amines) is 1. The maximum absolute atomic E-state index is 14.5. The van der Waals surface area contributed by atoms with Crippen LogP contribution in [0.4, 0.5) is 4.79 Å². The summed E-state index contributed by atoms with van der Waals surface area (Å²) >= 11 is 0. The average molecular weight is 1520 g/mol. The Hall–Kier alpha value is -10.2. The number of ether oxygens (including phenoxy) is 6. The molecule has 1 saturated heterocycles. The number of nitrogens with one attached hydrogen (secondary N) is 5. The number of aliphatic carboxylic acids is 2. The van der Waals surface area contributed by atoms with Gasteiger partial charge in [0.15, 0.2) is 0 Å². The molecule has 1 fully saturated rings. The molecule has 0 aliphatic carbocycles. The van der Waals surface area contributed by atoms with Crippen LogP contribution < -0.4 is 32.1 Å². The zero-order valence-electron chi connectivity index (χ0n) is 63.5. The van der Waals surface area contributed by atoms with E-state index in [-0.39, 0.29) is 141 Å². The van der Waals surface area contributed by atoms with Crippen LogP contribution in [0, 0.1) is 5.92 Å². The largest absolute Gasteiger partial charge is 0.481 e. The Morgan fingerprint density at radius 3 is 1.93 bits per heavy atom. The fourth-order valence-electron chi connectivity index (χ4n) is 12.5. The Bertz CT molecular complexity index is 3860. The summed E-state index contributed by atoms with van der Waals surface area (Å²) in [6, 6.07) is 4.18. The summed E-state index contributed by atoms with van der Waals surface area (Å²) in [6.45, 7) is 10.8. The number of carbonyl (C=O) groups excluding carboxylic acids is 12. The van der Waals surface area contributed by atoms with Gasteiger partial charge >= 0.3 is 30.0 Å². The quantitative estimate of drug-likeness (QED) is 0.0186. The number of aromatic nitrogens is 2. The van der Waals surface area contributed by atoms with Crippen LogP contribution in [0.5, 0.6) is 0 Å². The van der Waals surface area contributed by atoms with Crippen LogP contribution in [0.3, 0.4) is 0 Å². The van der Waals surface area contributed by atoms with E-state index in [4.69, 9.17) is 38.5 Å². The molecule has 3 aliphatic rings. The van der Waals surface area contributed by atoms with Gasteiger partial charge < -0.3 is 94.3 Å². The first-order valence-corrected chi connectivity index (χ1v) is 36.3. The number of unbranched alkanes of at least 4 members (excludes halogenated alkanes) is 1. The third kappa shape index (κ3) is 24.4. The van der Waals surface area contributed by atoms with E-state index < -0.39 is 150 Å². The molecule has 10 amide bonds.